The van der Waals surface area contributed by atoms with E-state index in [1.54, 1.807) is 70.2 Å². The number of carboxylic acid groups (broad SMARTS) is 1. The number of fused-ring (bicyclic) bond motifs is 1. The largest absolute Gasteiger partial charge is 0.465 e. The summed E-state index contributed by atoms with van der Waals surface area (Å²) in [5.74, 6) is -0.662. The number of aromatic nitrogens is 2. The standard InChI is InChI=1S/C28H27ClFN5O4/c1-16(35(27(38)39)28(2,3)4)24-32-22-14-8-12-20(30)23(22)25(36)34(24)18-10-7-9-17(15-18)31-26(37)33-21-13-6-5-11-19(21)29/h5-16H,1-4H3,(H,38,39)(H2,31,33,37)/t16-/m0/s1. The molecule has 11 heteroatoms. The Morgan fingerprint density at radius 2 is 1.74 bits per heavy atom. The van der Waals surface area contributed by atoms with Crippen LogP contribution in [0.5, 0.6) is 0 Å². The van der Waals surface area contributed by atoms with Gasteiger partial charge in [0.25, 0.3) is 5.56 Å². The van der Waals surface area contributed by atoms with Gasteiger partial charge in [-0.15, -0.1) is 0 Å². The smallest absolute Gasteiger partial charge is 0.408 e. The number of nitrogens with one attached hydrogen (secondary N) is 2. The third-order valence-electron chi connectivity index (χ3n) is 6.05. The van der Waals surface area contributed by atoms with Crippen molar-refractivity contribution >= 4 is 46.0 Å². The van der Waals surface area contributed by atoms with Crippen LogP contribution < -0.4 is 16.2 Å². The third-order valence-corrected chi connectivity index (χ3v) is 6.38. The maximum absolute atomic E-state index is 14.8. The zero-order valence-electron chi connectivity index (χ0n) is 21.7. The number of para-hydroxylation sites is 1. The van der Waals surface area contributed by atoms with Crippen molar-refractivity contribution in [3.63, 3.8) is 0 Å². The summed E-state index contributed by atoms with van der Waals surface area (Å²) in [4.78, 5) is 44.3. The Bertz CT molecular complexity index is 1630. The van der Waals surface area contributed by atoms with Gasteiger partial charge >= 0.3 is 12.1 Å². The van der Waals surface area contributed by atoms with Crippen molar-refractivity contribution in [1.29, 1.82) is 0 Å². The number of carbonyl (C=O) groups excluding carboxylic acids is 1. The van der Waals surface area contributed by atoms with Gasteiger partial charge in [0.1, 0.15) is 17.0 Å². The molecule has 0 aliphatic carbocycles. The van der Waals surface area contributed by atoms with Crippen molar-refractivity contribution in [3.05, 3.63) is 93.7 Å². The molecular weight excluding hydrogens is 525 g/mol. The van der Waals surface area contributed by atoms with Crippen LogP contribution in [0.15, 0.2) is 71.5 Å². The molecule has 3 amide bonds. The molecule has 9 nitrogen and oxygen atoms in total. The van der Waals surface area contributed by atoms with E-state index in [1.165, 1.54) is 27.7 Å². The molecule has 0 aliphatic heterocycles. The maximum atomic E-state index is 14.8. The Hall–Kier alpha value is -4.44. The van der Waals surface area contributed by atoms with Crippen molar-refractivity contribution in [2.45, 2.75) is 39.3 Å². The van der Waals surface area contributed by atoms with E-state index in [4.69, 9.17) is 11.6 Å². The number of hydrogen-bond acceptors (Lipinski definition) is 4. The van der Waals surface area contributed by atoms with Gasteiger partial charge in [0.05, 0.1) is 28.0 Å². The van der Waals surface area contributed by atoms with Crippen LogP contribution in [0.3, 0.4) is 0 Å². The van der Waals surface area contributed by atoms with E-state index in [-0.39, 0.29) is 22.4 Å². The predicted molar refractivity (Wildman–Crippen MR) is 149 cm³/mol. The lowest BCUT2D eigenvalue weighted by Crippen LogP contribution is -2.47. The fourth-order valence-electron chi connectivity index (χ4n) is 4.46. The van der Waals surface area contributed by atoms with Crippen LogP contribution in [0.2, 0.25) is 5.02 Å². The number of benzene rings is 3. The van der Waals surface area contributed by atoms with E-state index in [0.29, 0.717) is 16.4 Å². The predicted octanol–water partition coefficient (Wildman–Crippen LogP) is 6.66. The number of hydrogen-bond donors (Lipinski definition) is 3. The first kappa shape index (κ1) is 27.6. The Morgan fingerprint density at radius 3 is 2.41 bits per heavy atom. The summed E-state index contributed by atoms with van der Waals surface area (Å²) in [5.41, 5.74) is -0.463. The highest BCUT2D eigenvalue weighted by atomic mass is 35.5. The van der Waals surface area contributed by atoms with E-state index in [0.717, 1.165) is 6.07 Å². The molecule has 0 bridgehead atoms. The maximum Gasteiger partial charge on any atom is 0.408 e. The monoisotopic (exact) mass is 551 g/mol. The second kappa shape index (κ2) is 10.7. The number of amides is 3. The lowest BCUT2D eigenvalue weighted by molar-refractivity contribution is 0.0719. The highest BCUT2D eigenvalue weighted by Gasteiger charge is 2.34. The van der Waals surface area contributed by atoms with Crippen molar-refractivity contribution in [2.75, 3.05) is 10.6 Å². The second-order valence-corrected chi connectivity index (χ2v) is 10.3. The van der Waals surface area contributed by atoms with E-state index in [2.05, 4.69) is 15.6 Å². The first-order chi connectivity index (χ1) is 18.4. The molecule has 1 heterocycles. The SMILES string of the molecule is C[C@@H](c1nc2cccc(F)c2c(=O)n1-c1cccc(NC(=O)Nc2ccccc2Cl)c1)N(C(=O)O)C(C)(C)C. The Morgan fingerprint density at radius 1 is 1.05 bits per heavy atom. The molecule has 0 radical (unpaired) electrons. The van der Waals surface area contributed by atoms with E-state index in [9.17, 15) is 23.9 Å². The molecule has 0 spiro atoms. The molecule has 1 aromatic heterocycles. The van der Waals surface area contributed by atoms with Crippen LogP contribution in [-0.4, -0.2) is 37.2 Å². The summed E-state index contributed by atoms with van der Waals surface area (Å²) in [6.45, 7) is 6.79. The average molecular weight is 552 g/mol. The molecule has 0 saturated carbocycles. The molecule has 3 N–H and O–H groups in total. The number of rotatable bonds is 5. The van der Waals surface area contributed by atoms with E-state index >= 15 is 0 Å². The topological polar surface area (TPSA) is 117 Å². The number of urea groups is 1. The Kier molecular flexibility index (Phi) is 7.60. The third kappa shape index (κ3) is 5.70. The number of halogens is 2. The second-order valence-electron chi connectivity index (χ2n) is 9.85. The van der Waals surface area contributed by atoms with Crippen LogP contribution in [-0.2, 0) is 0 Å². The number of anilines is 2. The van der Waals surface area contributed by atoms with Gasteiger partial charge in [0.2, 0.25) is 0 Å². The summed E-state index contributed by atoms with van der Waals surface area (Å²) in [7, 11) is 0. The van der Waals surface area contributed by atoms with Gasteiger partial charge in [-0.3, -0.25) is 14.3 Å². The Labute approximate surface area is 228 Å². The highest BCUT2D eigenvalue weighted by molar-refractivity contribution is 6.33. The van der Waals surface area contributed by atoms with Gasteiger partial charge in [-0.2, -0.15) is 0 Å². The first-order valence-corrected chi connectivity index (χ1v) is 12.4. The van der Waals surface area contributed by atoms with Gasteiger partial charge in [-0.05, 0) is 70.2 Å². The summed E-state index contributed by atoms with van der Waals surface area (Å²) in [6.07, 6.45) is -1.21. The Balaban J connectivity index is 1.83. The lowest BCUT2D eigenvalue weighted by atomic mass is 10.0. The minimum Gasteiger partial charge on any atom is -0.465 e. The van der Waals surface area contributed by atoms with Crippen molar-refractivity contribution in [3.8, 4) is 5.69 Å². The molecule has 0 aliphatic rings. The van der Waals surface area contributed by atoms with Crippen molar-refractivity contribution in [1.82, 2.24) is 14.5 Å². The molecule has 0 unspecified atom stereocenters. The van der Waals surface area contributed by atoms with Crippen LogP contribution in [0.1, 0.15) is 39.6 Å². The molecule has 0 saturated heterocycles. The average Bonchev–Trinajstić information content (AvgIpc) is 2.84. The van der Waals surface area contributed by atoms with E-state index in [1.807, 2.05) is 0 Å². The summed E-state index contributed by atoms with van der Waals surface area (Å²) >= 11 is 6.12. The fourth-order valence-corrected chi connectivity index (χ4v) is 4.64. The molecule has 39 heavy (non-hydrogen) atoms. The van der Waals surface area contributed by atoms with Gasteiger partial charge in [-0.1, -0.05) is 35.9 Å². The van der Waals surface area contributed by atoms with Crippen molar-refractivity contribution < 1.29 is 19.1 Å². The van der Waals surface area contributed by atoms with Gasteiger partial charge in [-0.25, -0.2) is 19.0 Å². The summed E-state index contributed by atoms with van der Waals surface area (Å²) < 4.78 is 16.0. The molecule has 1 atom stereocenters. The molecule has 4 aromatic rings. The van der Waals surface area contributed by atoms with Gasteiger partial charge < -0.3 is 15.7 Å². The molecule has 3 aromatic carbocycles. The molecule has 0 fully saturated rings. The highest BCUT2D eigenvalue weighted by Crippen LogP contribution is 2.30. The van der Waals surface area contributed by atoms with Crippen LogP contribution in [0, 0.1) is 5.82 Å². The van der Waals surface area contributed by atoms with Crippen LogP contribution >= 0.6 is 11.6 Å². The first-order valence-electron chi connectivity index (χ1n) is 12.0. The molecule has 4 rings (SSSR count). The number of carbonyl (C=O) groups is 2. The van der Waals surface area contributed by atoms with Crippen molar-refractivity contribution in [2.24, 2.45) is 0 Å². The van der Waals surface area contributed by atoms with E-state index < -0.39 is 35.1 Å². The fraction of sp³-hybridized carbons (Fsp3) is 0.214. The zero-order valence-corrected chi connectivity index (χ0v) is 22.5. The molecular formula is C28H27ClFN5O4. The molecule has 202 valence electrons. The number of nitrogens with zero attached hydrogens (tertiary/aromatic N) is 3. The van der Waals surface area contributed by atoms with Crippen LogP contribution in [0.25, 0.3) is 16.6 Å². The van der Waals surface area contributed by atoms with Gasteiger partial charge in [0, 0.05) is 11.2 Å². The quantitative estimate of drug-likeness (QED) is 0.256. The normalized spacial score (nSPS) is 12.2. The minimum atomic E-state index is -1.21. The zero-order chi connectivity index (χ0) is 28.5. The summed E-state index contributed by atoms with van der Waals surface area (Å²) in [5, 5.41) is 15.5. The summed E-state index contributed by atoms with van der Waals surface area (Å²) in [6, 6.07) is 15.7. The lowest BCUT2D eigenvalue weighted by Gasteiger charge is -2.38. The van der Waals surface area contributed by atoms with Crippen LogP contribution in [0.4, 0.5) is 25.4 Å². The van der Waals surface area contributed by atoms with Gasteiger partial charge in [0.15, 0.2) is 0 Å². The minimum absolute atomic E-state index is 0.0908.